The van der Waals surface area contributed by atoms with Crippen LogP contribution in [0.15, 0.2) is 24.3 Å². The van der Waals surface area contributed by atoms with Gasteiger partial charge in [-0.05, 0) is 18.9 Å². The maximum Gasteiger partial charge on any atom is 0.270 e. The van der Waals surface area contributed by atoms with Gasteiger partial charge in [-0.3, -0.25) is 24.6 Å². The lowest BCUT2D eigenvalue weighted by Gasteiger charge is -2.43. The van der Waals surface area contributed by atoms with Crippen molar-refractivity contribution in [3.8, 4) is 0 Å². The van der Waals surface area contributed by atoms with Gasteiger partial charge in [-0.2, -0.15) is 11.8 Å². The molecule has 1 aliphatic carbocycles. The minimum Gasteiger partial charge on any atom is -0.353 e. The standard InChI is InChI=1S/C19H26N4O4S/c24-17(13-20-18(25)15-4-3-5-16(12-15)23(26)27)21-14-19(6-1-2-7-19)22-8-10-28-11-9-22/h3-5,12H,1-2,6-11,13-14H2,(H,20,25)(H,21,24). The molecular formula is C19H26N4O4S. The fourth-order valence-corrected chi connectivity index (χ4v) is 4.93. The molecule has 2 fully saturated rings. The van der Waals surface area contributed by atoms with Crippen molar-refractivity contribution >= 4 is 29.3 Å². The molecular weight excluding hydrogens is 380 g/mol. The number of nitro groups is 1. The van der Waals surface area contributed by atoms with E-state index >= 15 is 0 Å². The number of hydrogen-bond donors (Lipinski definition) is 2. The van der Waals surface area contributed by atoms with E-state index in [-0.39, 0.29) is 29.2 Å². The maximum atomic E-state index is 12.3. The highest BCUT2D eigenvalue weighted by Gasteiger charge is 2.40. The number of rotatable bonds is 7. The van der Waals surface area contributed by atoms with E-state index < -0.39 is 10.8 Å². The molecule has 2 N–H and O–H groups in total. The van der Waals surface area contributed by atoms with E-state index in [2.05, 4.69) is 15.5 Å². The molecule has 2 amide bonds. The van der Waals surface area contributed by atoms with Crippen molar-refractivity contribution in [3.63, 3.8) is 0 Å². The number of nitro benzene ring substituents is 1. The summed E-state index contributed by atoms with van der Waals surface area (Å²) in [7, 11) is 0. The molecule has 3 rings (SSSR count). The van der Waals surface area contributed by atoms with Crippen LogP contribution in [0.5, 0.6) is 0 Å². The van der Waals surface area contributed by atoms with Gasteiger partial charge in [0.05, 0.1) is 11.5 Å². The molecule has 1 aromatic rings. The Morgan fingerprint density at radius 3 is 2.57 bits per heavy atom. The van der Waals surface area contributed by atoms with Gasteiger partial charge in [0.1, 0.15) is 0 Å². The van der Waals surface area contributed by atoms with Gasteiger partial charge in [0.25, 0.3) is 11.6 Å². The van der Waals surface area contributed by atoms with Gasteiger partial charge in [-0.1, -0.05) is 18.9 Å². The Hall–Kier alpha value is -2.13. The van der Waals surface area contributed by atoms with Crippen molar-refractivity contribution in [3.05, 3.63) is 39.9 Å². The molecule has 0 aromatic heterocycles. The highest BCUT2D eigenvalue weighted by Crippen LogP contribution is 2.36. The highest BCUT2D eigenvalue weighted by atomic mass is 32.2. The lowest BCUT2D eigenvalue weighted by atomic mass is 9.94. The Morgan fingerprint density at radius 1 is 1.18 bits per heavy atom. The summed E-state index contributed by atoms with van der Waals surface area (Å²) in [5.41, 5.74) is 0.0563. The number of carbonyl (C=O) groups excluding carboxylic acids is 2. The van der Waals surface area contributed by atoms with Gasteiger partial charge in [0.2, 0.25) is 5.91 Å². The normalized spacial score (nSPS) is 19.1. The van der Waals surface area contributed by atoms with Gasteiger partial charge in [0.15, 0.2) is 0 Å². The van der Waals surface area contributed by atoms with Crippen LogP contribution in [0.2, 0.25) is 0 Å². The molecule has 0 unspecified atom stereocenters. The Labute approximate surface area is 168 Å². The van der Waals surface area contributed by atoms with Gasteiger partial charge < -0.3 is 10.6 Å². The maximum absolute atomic E-state index is 12.3. The van der Waals surface area contributed by atoms with Crippen LogP contribution in [0.4, 0.5) is 5.69 Å². The number of non-ortho nitro benzene ring substituents is 1. The minimum absolute atomic E-state index is 0.0424. The lowest BCUT2D eigenvalue weighted by Crippen LogP contribution is -2.57. The summed E-state index contributed by atoms with van der Waals surface area (Å²) < 4.78 is 0. The molecule has 0 spiro atoms. The van der Waals surface area contributed by atoms with Crippen molar-refractivity contribution in [2.24, 2.45) is 0 Å². The molecule has 1 aliphatic heterocycles. The molecule has 1 saturated carbocycles. The SMILES string of the molecule is O=C(CNC(=O)c1cccc([N+](=O)[O-])c1)NCC1(N2CCSCC2)CCCC1. The molecule has 0 bridgehead atoms. The number of hydrogen-bond acceptors (Lipinski definition) is 6. The predicted octanol–water partition coefficient (Wildman–Crippen LogP) is 1.80. The Balaban J connectivity index is 1.50. The number of amides is 2. The number of thioether (sulfide) groups is 1. The van der Waals surface area contributed by atoms with Gasteiger partial charge >= 0.3 is 0 Å². The third-order valence-electron chi connectivity index (χ3n) is 5.56. The molecule has 0 radical (unpaired) electrons. The van der Waals surface area contributed by atoms with Crippen molar-refractivity contribution in [2.75, 3.05) is 37.7 Å². The van der Waals surface area contributed by atoms with Crippen LogP contribution in [-0.4, -0.2) is 64.9 Å². The first-order valence-corrected chi connectivity index (χ1v) is 10.8. The largest absolute Gasteiger partial charge is 0.353 e. The van der Waals surface area contributed by atoms with Gasteiger partial charge in [0, 0.05) is 54.4 Å². The average Bonchev–Trinajstić information content (AvgIpc) is 3.21. The van der Waals surface area contributed by atoms with Crippen LogP contribution in [0, 0.1) is 10.1 Å². The average molecular weight is 407 g/mol. The summed E-state index contributed by atoms with van der Waals surface area (Å²) in [5.74, 6) is 1.53. The second-order valence-electron chi connectivity index (χ2n) is 7.30. The zero-order valence-electron chi connectivity index (χ0n) is 15.8. The molecule has 1 heterocycles. The monoisotopic (exact) mass is 406 g/mol. The van der Waals surface area contributed by atoms with Crippen molar-refractivity contribution in [1.29, 1.82) is 0 Å². The Morgan fingerprint density at radius 2 is 1.89 bits per heavy atom. The predicted molar refractivity (Wildman–Crippen MR) is 109 cm³/mol. The van der Waals surface area contributed by atoms with E-state index in [1.807, 2.05) is 11.8 Å². The number of carbonyl (C=O) groups is 2. The first-order chi connectivity index (χ1) is 13.5. The van der Waals surface area contributed by atoms with Crippen LogP contribution in [0.25, 0.3) is 0 Å². The molecule has 8 nitrogen and oxygen atoms in total. The second kappa shape index (κ2) is 9.38. The summed E-state index contributed by atoms with van der Waals surface area (Å²) in [6, 6.07) is 5.47. The van der Waals surface area contributed by atoms with Crippen LogP contribution in [0.1, 0.15) is 36.0 Å². The second-order valence-corrected chi connectivity index (χ2v) is 8.52. The third kappa shape index (κ3) is 5.02. The van der Waals surface area contributed by atoms with Crippen molar-refractivity contribution < 1.29 is 14.5 Å². The van der Waals surface area contributed by atoms with Crippen molar-refractivity contribution in [2.45, 2.75) is 31.2 Å². The number of nitrogens with one attached hydrogen (secondary N) is 2. The summed E-state index contributed by atoms with van der Waals surface area (Å²) in [4.78, 5) is 37.2. The molecule has 1 aromatic carbocycles. The molecule has 2 aliphatic rings. The van der Waals surface area contributed by atoms with Crippen LogP contribution in [0.3, 0.4) is 0 Å². The first kappa shape index (κ1) is 20.6. The lowest BCUT2D eigenvalue weighted by molar-refractivity contribution is -0.384. The van der Waals surface area contributed by atoms with E-state index in [1.165, 1.54) is 37.1 Å². The zero-order valence-corrected chi connectivity index (χ0v) is 16.6. The van der Waals surface area contributed by atoms with E-state index in [4.69, 9.17) is 0 Å². The molecule has 152 valence electrons. The Bertz CT molecular complexity index is 730. The summed E-state index contributed by atoms with van der Waals surface area (Å²) >= 11 is 1.97. The summed E-state index contributed by atoms with van der Waals surface area (Å²) in [5, 5.41) is 16.3. The first-order valence-electron chi connectivity index (χ1n) is 9.62. The molecule has 9 heteroatoms. The van der Waals surface area contributed by atoms with Crippen LogP contribution < -0.4 is 10.6 Å². The van der Waals surface area contributed by atoms with Crippen molar-refractivity contribution in [1.82, 2.24) is 15.5 Å². The van der Waals surface area contributed by atoms with E-state index in [0.29, 0.717) is 6.54 Å². The quantitative estimate of drug-likeness (QED) is 0.529. The molecule has 28 heavy (non-hydrogen) atoms. The van der Waals surface area contributed by atoms with E-state index in [9.17, 15) is 19.7 Å². The minimum atomic E-state index is -0.552. The smallest absolute Gasteiger partial charge is 0.270 e. The topological polar surface area (TPSA) is 105 Å². The third-order valence-corrected chi connectivity index (χ3v) is 6.50. The Kier molecular flexibility index (Phi) is 6.90. The summed E-state index contributed by atoms with van der Waals surface area (Å²) in [6.45, 7) is 2.57. The van der Waals surface area contributed by atoms with E-state index in [0.717, 1.165) is 37.4 Å². The molecule has 0 atom stereocenters. The summed E-state index contributed by atoms with van der Waals surface area (Å²) in [6.07, 6.45) is 4.56. The number of nitrogens with zero attached hydrogens (tertiary/aromatic N) is 2. The fourth-order valence-electron chi connectivity index (χ4n) is 4.02. The van der Waals surface area contributed by atoms with Gasteiger partial charge in [-0.15, -0.1) is 0 Å². The fraction of sp³-hybridized carbons (Fsp3) is 0.579. The zero-order chi connectivity index (χ0) is 20.0. The molecule has 1 saturated heterocycles. The highest BCUT2D eigenvalue weighted by molar-refractivity contribution is 7.99. The van der Waals surface area contributed by atoms with E-state index in [1.54, 1.807) is 0 Å². The van der Waals surface area contributed by atoms with Crippen LogP contribution in [-0.2, 0) is 4.79 Å². The van der Waals surface area contributed by atoms with Gasteiger partial charge in [-0.25, -0.2) is 0 Å². The number of benzene rings is 1. The van der Waals surface area contributed by atoms with Crippen LogP contribution >= 0.6 is 11.8 Å².